The van der Waals surface area contributed by atoms with Gasteiger partial charge in [-0.25, -0.2) is 0 Å². The average Bonchev–Trinajstić information content (AvgIpc) is 3.42. The van der Waals surface area contributed by atoms with Crippen molar-refractivity contribution >= 4 is 28.4 Å². The second-order valence-electron chi connectivity index (χ2n) is 16.1. The quantitative estimate of drug-likeness (QED) is 0.315. The monoisotopic (exact) mass is 615 g/mol. The highest BCUT2D eigenvalue weighted by molar-refractivity contribution is 6.74. The first-order valence-electron chi connectivity index (χ1n) is 15.1. The first-order chi connectivity index (χ1) is 18.3. The van der Waals surface area contributed by atoms with Gasteiger partial charge in [0, 0.05) is 6.92 Å². The third kappa shape index (κ3) is 7.53. The summed E-state index contributed by atoms with van der Waals surface area (Å²) in [5.74, 6) is -2.71. The maximum atomic E-state index is 14.3. The van der Waals surface area contributed by atoms with Gasteiger partial charge in [0.2, 0.25) is 11.8 Å². The Bertz CT molecular complexity index is 984. The molecule has 6 atom stereocenters. The number of carbonyl (C=O) groups is 2. The molecule has 0 aromatic carbocycles. The number of likely N-dealkylation sites (tertiary alicyclic amines) is 1. The second-order valence-corrected chi connectivity index (χ2v) is 25.6. The van der Waals surface area contributed by atoms with Crippen LogP contribution in [0, 0.1) is 5.92 Å². The molecule has 3 saturated heterocycles. The molecule has 0 bridgehead atoms. The summed E-state index contributed by atoms with van der Waals surface area (Å²) >= 11 is 0. The van der Waals surface area contributed by atoms with Gasteiger partial charge in [0.05, 0.1) is 37.4 Å². The Balaban J connectivity index is 2.06. The number of carbonyl (C=O) groups excluding carboxylic acids is 2. The molecule has 0 aromatic heterocycles. The third-order valence-corrected chi connectivity index (χ3v) is 18.7. The predicted molar refractivity (Wildman–Crippen MR) is 163 cm³/mol. The molecule has 11 heteroatoms. The van der Waals surface area contributed by atoms with Crippen LogP contribution in [0.3, 0.4) is 0 Å². The topological polar surface area (TPSA) is 92.8 Å². The van der Waals surface area contributed by atoms with Gasteiger partial charge in [-0.15, -0.1) is 0 Å². The third-order valence-electron chi connectivity index (χ3n) is 9.76. The number of nitrogens with zero attached hydrogens (tertiary/aromatic N) is 1. The fraction of sp³-hybridized carbons (Fsp3) is 0.933. The van der Waals surface area contributed by atoms with Gasteiger partial charge < -0.3 is 27.8 Å². The Morgan fingerprint density at radius 2 is 1.22 bits per heavy atom. The Labute approximate surface area is 250 Å². The molecule has 0 unspecified atom stereocenters. The average molecular weight is 616 g/mol. The molecule has 3 heterocycles. The molecule has 41 heavy (non-hydrogen) atoms. The Morgan fingerprint density at radius 3 is 1.56 bits per heavy atom. The first kappa shape index (κ1) is 34.8. The van der Waals surface area contributed by atoms with Crippen LogP contribution in [0.25, 0.3) is 0 Å². The summed E-state index contributed by atoms with van der Waals surface area (Å²) in [6, 6.07) is -0.525. The van der Waals surface area contributed by atoms with Gasteiger partial charge in [-0.2, -0.15) is 0 Å². The minimum atomic E-state index is -2.35. The molecule has 3 aliphatic rings. The zero-order valence-electron chi connectivity index (χ0n) is 28.3. The molecule has 9 nitrogen and oxygen atoms in total. The SMILES string of the molecule is CC(=O)N1C(=O)[C@H]([C@@H](O[Si](C)(C)C(C)(C)C)[C@H]2COC(C)(C)O2)C[C@@H]1[C@H](O[Si](C)(C)C(C)(C)C)[C@H]1COC(C)(C)O1. The zero-order chi connectivity index (χ0) is 31.6. The summed E-state index contributed by atoms with van der Waals surface area (Å²) in [6.07, 6.45) is -1.59. The molecule has 0 N–H and O–H groups in total. The molecule has 0 saturated carbocycles. The molecule has 0 aliphatic carbocycles. The van der Waals surface area contributed by atoms with Crippen LogP contribution in [0.4, 0.5) is 0 Å². The number of ether oxygens (including phenoxy) is 4. The van der Waals surface area contributed by atoms with Crippen LogP contribution in [-0.4, -0.2) is 88.6 Å². The van der Waals surface area contributed by atoms with Crippen molar-refractivity contribution in [3.63, 3.8) is 0 Å². The number of imide groups is 1. The largest absolute Gasteiger partial charge is 0.410 e. The van der Waals surface area contributed by atoms with Gasteiger partial charge >= 0.3 is 0 Å². The molecular weight excluding hydrogens is 559 g/mol. The van der Waals surface area contributed by atoms with Gasteiger partial charge in [0.25, 0.3) is 0 Å². The highest BCUT2D eigenvalue weighted by atomic mass is 28.4. The Kier molecular flexibility index (Phi) is 9.65. The Morgan fingerprint density at radius 1 is 0.829 bits per heavy atom. The fourth-order valence-corrected chi connectivity index (χ4v) is 8.05. The summed E-state index contributed by atoms with van der Waals surface area (Å²) in [5.41, 5.74) is 0. The van der Waals surface area contributed by atoms with E-state index in [1.165, 1.54) is 11.8 Å². The molecule has 0 radical (unpaired) electrons. The van der Waals surface area contributed by atoms with Crippen LogP contribution in [0.15, 0.2) is 0 Å². The number of hydrogen-bond acceptors (Lipinski definition) is 8. The van der Waals surface area contributed by atoms with Crippen LogP contribution in [0.5, 0.6) is 0 Å². The van der Waals surface area contributed by atoms with Crippen molar-refractivity contribution in [2.45, 2.75) is 161 Å². The van der Waals surface area contributed by atoms with Gasteiger partial charge in [0.15, 0.2) is 28.2 Å². The normalized spacial score (nSPS) is 30.6. The summed E-state index contributed by atoms with van der Waals surface area (Å²) in [6.45, 7) is 31.4. The van der Waals surface area contributed by atoms with E-state index in [4.69, 9.17) is 27.8 Å². The molecule has 3 aliphatic heterocycles. The van der Waals surface area contributed by atoms with E-state index in [2.05, 4.69) is 67.7 Å². The van der Waals surface area contributed by atoms with Crippen molar-refractivity contribution < 1.29 is 37.4 Å². The standard InChI is InChI=1S/C30H57NO8Si2/c1-19(32)31-21(25(23-18-35-30(10,11)37-23)39-41(14,15)28(5,6)7)16-20(26(31)33)24(22-17-34-29(8,9)36-22)38-40(12,13)27(2,3)4/h20-25H,16-18H2,1-15H3/t20-,21+,22+,23+,24+,25-/m0/s1. The maximum absolute atomic E-state index is 14.3. The van der Waals surface area contributed by atoms with Crippen molar-refractivity contribution in [3.05, 3.63) is 0 Å². The number of rotatable bonds is 8. The van der Waals surface area contributed by atoms with Crippen molar-refractivity contribution in [1.82, 2.24) is 4.90 Å². The van der Waals surface area contributed by atoms with Gasteiger partial charge in [-0.3, -0.25) is 14.5 Å². The number of hydrogen-bond donors (Lipinski definition) is 0. The molecule has 3 rings (SSSR count). The van der Waals surface area contributed by atoms with E-state index in [0.717, 1.165) is 0 Å². The lowest BCUT2D eigenvalue weighted by atomic mass is 9.92. The van der Waals surface area contributed by atoms with Crippen LogP contribution in [0.2, 0.25) is 36.3 Å². The van der Waals surface area contributed by atoms with Gasteiger partial charge in [-0.1, -0.05) is 41.5 Å². The molecule has 0 aromatic rings. The highest BCUT2D eigenvalue weighted by Gasteiger charge is 2.58. The van der Waals surface area contributed by atoms with Crippen molar-refractivity contribution in [2.75, 3.05) is 13.2 Å². The van der Waals surface area contributed by atoms with Gasteiger partial charge in [0.1, 0.15) is 12.2 Å². The van der Waals surface area contributed by atoms with E-state index in [1.807, 2.05) is 27.7 Å². The van der Waals surface area contributed by atoms with E-state index < -0.39 is 64.6 Å². The minimum absolute atomic E-state index is 0.0854. The lowest BCUT2D eigenvalue weighted by molar-refractivity contribution is -0.161. The maximum Gasteiger partial charge on any atom is 0.235 e. The molecule has 2 amide bonds. The lowest BCUT2D eigenvalue weighted by Crippen LogP contribution is -2.56. The van der Waals surface area contributed by atoms with Crippen LogP contribution >= 0.6 is 0 Å². The summed E-state index contributed by atoms with van der Waals surface area (Å²) in [5, 5.41) is -0.173. The summed E-state index contributed by atoms with van der Waals surface area (Å²) in [7, 11) is -4.69. The second kappa shape index (κ2) is 11.4. The molecule has 0 spiro atoms. The van der Waals surface area contributed by atoms with Crippen molar-refractivity contribution in [2.24, 2.45) is 5.92 Å². The smallest absolute Gasteiger partial charge is 0.235 e. The zero-order valence-corrected chi connectivity index (χ0v) is 30.3. The fourth-order valence-electron chi connectivity index (χ4n) is 5.36. The van der Waals surface area contributed by atoms with Crippen molar-refractivity contribution in [1.29, 1.82) is 0 Å². The van der Waals surface area contributed by atoms with E-state index in [9.17, 15) is 9.59 Å². The van der Waals surface area contributed by atoms with Crippen molar-refractivity contribution in [3.8, 4) is 0 Å². The lowest BCUT2D eigenvalue weighted by Gasteiger charge is -2.43. The predicted octanol–water partition coefficient (Wildman–Crippen LogP) is 5.83. The van der Waals surface area contributed by atoms with Crippen LogP contribution in [0.1, 0.15) is 82.6 Å². The minimum Gasteiger partial charge on any atom is -0.410 e. The molecule has 3 fully saturated rings. The summed E-state index contributed by atoms with van der Waals surface area (Å²) < 4.78 is 38.6. The molecule has 238 valence electrons. The summed E-state index contributed by atoms with van der Waals surface area (Å²) in [4.78, 5) is 28.9. The van der Waals surface area contributed by atoms with E-state index in [-0.39, 0.29) is 21.9 Å². The van der Waals surface area contributed by atoms with E-state index in [1.54, 1.807) is 0 Å². The van der Waals surface area contributed by atoms with E-state index in [0.29, 0.717) is 19.6 Å². The van der Waals surface area contributed by atoms with Crippen LogP contribution < -0.4 is 0 Å². The first-order valence-corrected chi connectivity index (χ1v) is 20.9. The van der Waals surface area contributed by atoms with Crippen LogP contribution in [-0.2, 0) is 37.4 Å². The molecular formula is C30H57NO8Si2. The number of amides is 2. The van der Waals surface area contributed by atoms with E-state index >= 15 is 0 Å². The highest BCUT2D eigenvalue weighted by Crippen LogP contribution is 2.45. The Hall–Kier alpha value is -0.666. The van der Waals surface area contributed by atoms with Gasteiger partial charge in [-0.05, 0) is 70.4 Å².